The van der Waals surface area contributed by atoms with E-state index in [1.54, 1.807) is 0 Å². The minimum atomic E-state index is -0.00735. The van der Waals surface area contributed by atoms with Gasteiger partial charge in [0.2, 0.25) is 0 Å². The number of Topliss-reactive ketones (excluding diaryl/α,β-unsaturated/α-hetero) is 1. The zero-order valence-corrected chi connectivity index (χ0v) is 15.1. The van der Waals surface area contributed by atoms with Gasteiger partial charge in [0.1, 0.15) is 5.78 Å². The normalized spacial score (nSPS) is 17.1. The standard InChI is InChI=1S/C18H26ClNO.ClH/c1-14(2)18(15-6-8-16(19)9-7-15)17(21)10-13-20-11-4-3-5-12-20;/h6-9,14,18H,3-5,10-13H2,1-2H3;1H. The molecule has 1 saturated heterocycles. The molecule has 0 aliphatic carbocycles. The van der Waals surface area contributed by atoms with Crippen molar-refractivity contribution in [3.05, 3.63) is 34.9 Å². The van der Waals surface area contributed by atoms with Crippen LogP contribution in [0.2, 0.25) is 5.02 Å². The highest BCUT2D eigenvalue weighted by molar-refractivity contribution is 6.30. The van der Waals surface area contributed by atoms with E-state index in [0.29, 0.717) is 18.1 Å². The molecule has 1 heterocycles. The van der Waals surface area contributed by atoms with E-state index < -0.39 is 0 Å². The Kier molecular flexibility index (Phi) is 8.45. The van der Waals surface area contributed by atoms with Gasteiger partial charge in [0, 0.05) is 23.9 Å². The first-order chi connectivity index (χ1) is 10.1. The Labute approximate surface area is 145 Å². The number of ketones is 1. The number of nitrogens with zero attached hydrogens (tertiary/aromatic N) is 1. The van der Waals surface area contributed by atoms with Gasteiger partial charge in [-0.05, 0) is 49.5 Å². The van der Waals surface area contributed by atoms with Gasteiger partial charge in [-0.1, -0.05) is 44.0 Å². The highest BCUT2D eigenvalue weighted by Gasteiger charge is 2.24. The Bertz CT molecular complexity index is 453. The monoisotopic (exact) mass is 343 g/mol. The van der Waals surface area contributed by atoms with Gasteiger partial charge < -0.3 is 4.90 Å². The average Bonchev–Trinajstić information content (AvgIpc) is 2.48. The number of benzene rings is 1. The van der Waals surface area contributed by atoms with Gasteiger partial charge in [0.25, 0.3) is 0 Å². The predicted molar refractivity (Wildman–Crippen MR) is 96.2 cm³/mol. The van der Waals surface area contributed by atoms with Crippen molar-refractivity contribution >= 4 is 29.8 Å². The number of piperidine rings is 1. The molecule has 1 unspecified atom stereocenters. The fourth-order valence-corrected chi connectivity index (χ4v) is 3.35. The Morgan fingerprint density at radius 1 is 1.14 bits per heavy atom. The number of hydrogen-bond acceptors (Lipinski definition) is 2. The minimum absolute atomic E-state index is 0. The van der Waals surface area contributed by atoms with Gasteiger partial charge in [0.15, 0.2) is 0 Å². The fourth-order valence-electron chi connectivity index (χ4n) is 3.22. The SMILES string of the molecule is CC(C)C(C(=O)CCN1CCCCC1)c1ccc(Cl)cc1.Cl. The first-order valence-electron chi connectivity index (χ1n) is 8.08. The number of likely N-dealkylation sites (tertiary alicyclic amines) is 1. The summed E-state index contributed by atoms with van der Waals surface area (Å²) >= 11 is 5.95. The molecule has 0 aromatic heterocycles. The third kappa shape index (κ3) is 5.57. The van der Waals surface area contributed by atoms with E-state index in [2.05, 4.69) is 18.7 Å². The molecule has 1 atom stereocenters. The fraction of sp³-hybridized carbons (Fsp3) is 0.611. The van der Waals surface area contributed by atoms with Crippen LogP contribution in [0, 0.1) is 5.92 Å². The van der Waals surface area contributed by atoms with Gasteiger partial charge in [-0.15, -0.1) is 12.4 Å². The van der Waals surface area contributed by atoms with Crippen molar-refractivity contribution in [3.63, 3.8) is 0 Å². The second-order valence-electron chi connectivity index (χ2n) is 6.39. The average molecular weight is 344 g/mol. The Morgan fingerprint density at radius 2 is 1.73 bits per heavy atom. The molecule has 0 amide bonds. The largest absolute Gasteiger partial charge is 0.303 e. The molecule has 1 aromatic carbocycles. The lowest BCUT2D eigenvalue weighted by atomic mass is 9.84. The first kappa shape index (κ1) is 19.5. The second kappa shape index (κ2) is 9.54. The van der Waals surface area contributed by atoms with Gasteiger partial charge in [0.05, 0.1) is 0 Å². The highest BCUT2D eigenvalue weighted by atomic mass is 35.5. The topological polar surface area (TPSA) is 20.3 Å². The molecule has 2 nitrogen and oxygen atoms in total. The van der Waals surface area contributed by atoms with Crippen LogP contribution in [0.5, 0.6) is 0 Å². The molecule has 0 radical (unpaired) electrons. The third-order valence-corrected chi connectivity index (χ3v) is 4.62. The molecule has 0 saturated carbocycles. The van der Waals surface area contributed by atoms with Crippen molar-refractivity contribution in [2.45, 2.75) is 45.4 Å². The van der Waals surface area contributed by atoms with Crippen molar-refractivity contribution in [3.8, 4) is 0 Å². The molecule has 1 aliphatic rings. The zero-order chi connectivity index (χ0) is 15.2. The Morgan fingerprint density at radius 3 is 2.27 bits per heavy atom. The van der Waals surface area contributed by atoms with Crippen LogP contribution in [0.3, 0.4) is 0 Å². The summed E-state index contributed by atoms with van der Waals surface area (Å²) in [5.74, 6) is 0.671. The van der Waals surface area contributed by atoms with E-state index in [-0.39, 0.29) is 18.3 Å². The molecule has 4 heteroatoms. The summed E-state index contributed by atoms with van der Waals surface area (Å²) in [6.07, 6.45) is 4.55. The molecule has 0 N–H and O–H groups in total. The lowest BCUT2D eigenvalue weighted by molar-refractivity contribution is -0.121. The molecule has 1 fully saturated rings. The van der Waals surface area contributed by atoms with Crippen LogP contribution < -0.4 is 0 Å². The quantitative estimate of drug-likeness (QED) is 0.728. The third-order valence-electron chi connectivity index (χ3n) is 4.37. The lowest BCUT2D eigenvalue weighted by Crippen LogP contribution is -2.32. The summed E-state index contributed by atoms with van der Waals surface area (Å²) in [4.78, 5) is 15.1. The van der Waals surface area contributed by atoms with Gasteiger partial charge >= 0.3 is 0 Å². The van der Waals surface area contributed by atoms with Crippen LogP contribution in [0.1, 0.15) is 51.0 Å². The second-order valence-corrected chi connectivity index (χ2v) is 6.83. The van der Waals surface area contributed by atoms with Gasteiger partial charge in [-0.25, -0.2) is 0 Å². The number of carbonyl (C=O) groups excluding carboxylic acids is 1. The number of rotatable bonds is 6. The summed E-state index contributed by atoms with van der Waals surface area (Å²) in [7, 11) is 0. The molecule has 0 bridgehead atoms. The van der Waals surface area contributed by atoms with Gasteiger partial charge in [-0.2, -0.15) is 0 Å². The highest BCUT2D eigenvalue weighted by Crippen LogP contribution is 2.28. The molecule has 22 heavy (non-hydrogen) atoms. The van der Waals surface area contributed by atoms with Crippen molar-refractivity contribution in [1.29, 1.82) is 0 Å². The van der Waals surface area contributed by atoms with Crippen LogP contribution in [0.25, 0.3) is 0 Å². The van der Waals surface area contributed by atoms with E-state index in [1.165, 1.54) is 19.3 Å². The summed E-state index contributed by atoms with van der Waals surface area (Å²) in [5.41, 5.74) is 1.10. The van der Waals surface area contributed by atoms with E-state index in [1.807, 2.05) is 24.3 Å². The molecular weight excluding hydrogens is 317 g/mol. The van der Waals surface area contributed by atoms with Crippen molar-refractivity contribution in [1.82, 2.24) is 4.90 Å². The van der Waals surface area contributed by atoms with Crippen molar-refractivity contribution in [2.24, 2.45) is 5.92 Å². The van der Waals surface area contributed by atoms with Crippen LogP contribution in [-0.4, -0.2) is 30.3 Å². The maximum absolute atomic E-state index is 12.7. The summed E-state index contributed by atoms with van der Waals surface area (Å²) in [5, 5.41) is 0.724. The molecule has 2 rings (SSSR count). The number of halogens is 2. The van der Waals surface area contributed by atoms with E-state index >= 15 is 0 Å². The lowest BCUT2D eigenvalue weighted by Gasteiger charge is -2.27. The smallest absolute Gasteiger partial charge is 0.141 e. The molecule has 124 valence electrons. The maximum Gasteiger partial charge on any atom is 0.141 e. The van der Waals surface area contributed by atoms with E-state index in [9.17, 15) is 4.79 Å². The summed E-state index contributed by atoms with van der Waals surface area (Å²) in [6, 6.07) is 7.74. The van der Waals surface area contributed by atoms with Crippen LogP contribution in [0.15, 0.2) is 24.3 Å². The van der Waals surface area contributed by atoms with Gasteiger partial charge in [-0.3, -0.25) is 4.79 Å². The maximum atomic E-state index is 12.7. The molecular formula is C18H27Cl2NO. The summed E-state index contributed by atoms with van der Waals surface area (Å²) in [6.45, 7) is 7.47. The van der Waals surface area contributed by atoms with Crippen LogP contribution >= 0.6 is 24.0 Å². The molecule has 1 aromatic rings. The Balaban J connectivity index is 0.00000242. The predicted octanol–water partition coefficient (Wildman–Crippen LogP) is 4.95. The molecule has 1 aliphatic heterocycles. The van der Waals surface area contributed by atoms with E-state index in [4.69, 9.17) is 11.6 Å². The van der Waals surface area contributed by atoms with E-state index in [0.717, 1.165) is 30.2 Å². The van der Waals surface area contributed by atoms with Crippen LogP contribution in [-0.2, 0) is 4.79 Å². The van der Waals surface area contributed by atoms with Crippen molar-refractivity contribution in [2.75, 3.05) is 19.6 Å². The number of hydrogen-bond donors (Lipinski definition) is 0. The molecule has 0 spiro atoms. The van der Waals surface area contributed by atoms with Crippen LogP contribution in [0.4, 0.5) is 0 Å². The Hall–Kier alpha value is -0.570. The minimum Gasteiger partial charge on any atom is -0.303 e. The first-order valence-corrected chi connectivity index (χ1v) is 8.46. The van der Waals surface area contributed by atoms with Crippen molar-refractivity contribution < 1.29 is 4.79 Å². The zero-order valence-electron chi connectivity index (χ0n) is 13.6. The summed E-state index contributed by atoms with van der Waals surface area (Å²) < 4.78 is 0. The number of carbonyl (C=O) groups is 1.